The Morgan fingerprint density at radius 2 is 1.83 bits per heavy atom. The lowest BCUT2D eigenvalue weighted by Crippen LogP contribution is -2.05. The molecule has 1 heterocycles. The predicted molar refractivity (Wildman–Crippen MR) is 81.9 cm³/mol. The number of halogens is 1. The molecule has 2 heteroatoms. The lowest BCUT2D eigenvalue weighted by Gasteiger charge is -2.21. The van der Waals surface area contributed by atoms with Crippen LogP contribution in [0.25, 0.3) is 0 Å². The third-order valence-electron chi connectivity index (χ3n) is 3.35. The molecular formula is C16H19ClS. The van der Waals surface area contributed by atoms with E-state index >= 15 is 0 Å². The first-order chi connectivity index (χ1) is 8.63. The molecule has 0 spiro atoms. The standard InChI is InChI=1S/C16H19ClS/c1-4-14(13-8-6-5-7-9-13)15(17)16-11(2)10-12(3)18-16/h5-10,14-15H,4H2,1-3H3. The van der Waals surface area contributed by atoms with Crippen LogP contribution in [-0.4, -0.2) is 0 Å². The van der Waals surface area contributed by atoms with Gasteiger partial charge in [-0.2, -0.15) is 0 Å². The highest BCUT2D eigenvalue weighted by Gasteiger charge is 2.24. The van der Waals surface area contributed by atoms with Crippen LogP contribution in [0.4, 0.5) is 0 Å². The molecule has 2 atom stereocenters. The van der Waals surface area contributed by atoms with Gasteiger partial charge in [-0.15, -0.1) is 22.9 Å². The Morgan fingerprint density at radius 3 is 2.33 bits per heavy atom. The van der Waals surface area contributed by atoms with Crippen molar-refractivity contribution in [2.24, 2.45) is 0 Å². The van der Waals surface area contributed by atoms with Crippen LogP contribution in [0.5, 0.6) is 0 Å². The average molecular weight is 279 g/mol. The number of thiophene rings is 1. The molecule has 0 fully saturated rings. The van der Waals surface area contributed by atoms with E-state index in [4.69, 9.17) is 11.6 Å². The molecule has 2 aromatic rings. The molecular weight excluding hydrogens is 260 g/mol. The van der Waals surface area contributed by atoms with Crippen molar-refractivity contribution in [3.63, 3.8) is 0 Å². The van der Waals surface area contributed by atoms with Crippen LogP contribution in [0.3, 0.4) is 0 Å². The molecule has 0 saturated carbocycles. The minimum atomic E-state index is 0.0797. The summed E-state index contributed by atoms with van der Waals surface area (Å²) in [5.74, 6) is 0.393. The quantitative estimate of drug-likeness (QED) is 0.617. The third kappa shape index (κ3) is 2.78. The number of benzene rings is 1. The number of alkyl halides is 1. The summed E-state index contributed by atoms with van der Waals surface area (Å²) < 4.78 is 0. The first-order valence-corrected chi connectivity index (χ1v) is 7.64. The van der Waals surface area contributed by atoms with Gasteiger partial charge in [-0.1, -0.05) is 37.3 Å². The molecule has 2 unspecified atom stereocenters. The van der Waals surface area contributed by atoms with Crippen LogP contribution in [-0.2, 0) is 0 Å². The zero-order chi connectivity index (χ0) is 13.1. The molecule has 0 bridgehead atoms. The fourth-order valence-electron chi connectivity index (χ4n) is 2.43. The van der Waals surface area contributed by atoms with E-state index in [1.165, 1.54) is 20.9 Å². The van der Waals surface area contributed by atoms with Crippen LogP contribution in [0.2, 0.25) is 0 Å². The Balaban J connectivity index is 2.31. The van der Waals surface area contributed by atoms with Gasteiger partial charge < -0.3 is 0 Å². The molecule has 0 saturated heterocycles. The summed E-state index contributed by atoms with van der Waals surface area (Å²) in [4.78, 5) is 2.67. The van der Waals surface area contributed by atoms with Crippen LogP contribution >= 0.6 is 22.9 Å². The lowest BCUT2D eigenvalue weighted by molar-refractivity contribution is 0.645. The molecule has 0 amide bonds. The summed E-state index contributed by atoms with van der Waals surface area (Å²) in [5.41, 5.74) is 2.66. The second kappa shape index (κ2) is 5.90. The summed E-state index contributed by atoms with van der Waals surface area (Å²) in [6.07, 6.45) is 1.06. The molecule has 2 rings (SSSR count). The first kappa shape index (κ1) is 13.6. The number of rotatable bonds is 4. The summed E-state index contributed by atoms with van der Waals surface area (Å²) in [7, 11) is 0. The van der Waals surface area contributed by atoms with Crippen LogP contribution in [0.1, 0.15) is 45.5 Å². The van der Waals surface area contributed by atoms with E-state index in [1.54, 1.807) is 0 Å². The summed E-state index contributed by atoms with van der Waals surface area (Å²) >= 11 is 8.56. The highest BCUT2D eigenvalue weighted by Crippen LogP contribution is 2.42. The number of hydrogen-bond donors (Lipinski definition) is 0. The van der Waals surface area contributed by atoms with Gasteiger partial charge in [-0.05, 0) is 37.5 Å². The van der Waals surface area contributed by atoms with Gasteiger partial charge in [0.05, 0.1) is 5.38 Å². The predicted octanol–water partition coefficient (Wildman–Crippen LogP) is 5.84. The van der Waals surface area contributed by atoms with Crippen LogP contribution in [0.15, 0.2) is 36.4 Å². The normalized spacial score (nSPS) is 14.4. The minimum Gasteiger partial charge on any atom is -0.144 e. The van der Waals surface area contributed by atoms with Gasteiger partial charge in [0.1, 0.15) is 0 Å². The zero-order valence-electron chi connectivity index (χ0n) is 11.1. The van der Waals surface area contributed by atoms with Crippen molar-refractivity contribution in [3.05, 3.63) is 57.3 Å². The lowest BCUT2D eigenvalue weighted by atomic mass is 9.91. The van der Waals surface area contributed by atoms with Gasteiger partial charge in [-0.3, -0.25) is 0 Å². The maximum Gasteiger partial charge on any atom is 0.0749 e. The maximum atomic E-state index is 6.74. The highest BCUT2D eigenvalue weighted by molar-refractivity contribution is 7.12. The van der Waals surface area contributed by atoms with Crippen molar-refractivity contribution in [2.75, 3.05) is 0 Å². The van der Waals surface area contributed by atoms with Gasteiger partial charge in [0, 0.05) is 15.7 Å². The van der Waals surface area contributed by atoms with Crippen molar-refractivity contribution in [3.8, 4) is 0 Å². The Hall–Kier alpha value is -0.790. The molecule has 0 nitrogen and oxygen atoms in total. The van der Waals surface area contributed by atoms with E-state index in [-0.39, 0.29) is 5.38 Å². The molecule has 18 heavy (non-hydrogen) atoms. The minimum absolute atomic E-state index is 0.0797. The largest absolute Gasteiger partial charge is 0.144 e. The number of hydrogen-bond acceptors (Lipinski definition) is 1. The molecule has 0 aliphatic heterocycles. The highest BCUT2D eigenvalue weighted by atomic mass is 35.5. The second-order valence-electron chi connectivity index (χ2n) is 4.73. The fraction of sp³-hybridized carbons (Fsp3) is 0.375. The zero-order valence-corrected chi connectivity index (χ0v) is 12.7. The SMILES string of the molecule is CCC(c1ccccc1)C(Cl)c1sc(C)cc1C. The first-order valence-electron chi connectivity index (χ1n) is 6.39. The van der Waals surface area contributed by atoms with Crippen molar-refractivity contribution < 1.29 is 0 Å². The summed E-state index contributed by atoms with van der Waals surface area (Å²) in [6.45, 7) is 6.52. The smallest absolute Gasteiger partial charge is 0.0749 e. The topological polar surface area (TPSA) is 0 Å². The van der Waals surface area contributed by atoms with Crippen LogP contribution in [0, 0.1) is 13.8 Å². The Labute approximate surface area is 119 Å². The molecule has 96 valence electrons. The van der Waals surface area contributed by atoms with E-state index < -0.39 is 0 Å². The molecule has 0 N–H and O–H groups in total. The van der Waals surface area contributed by atoms with E-state index in [1.807, 2.05) is 11.3 Å². The van der Waals surface area contributed by atoms with Crippen molar-refractivity contribution in [1.29, 1.82) is 0 Å². The monoisotopic (exact) mass is 278 g/mol. The van der Waals surface area contributed by atoms with Gasteiger partial charge in [-0.25, -0.2) is 0 Å². The number of aryl methyl sites for hydroxylation is 2. The molecule has 1 aromatic heterocycles. The maximum absolute atomic E-state index is 6.74. The van der Waals surface area contributed by atoms with Gasteiger partial charge >= 0.3 is 0 Å². The fourth-order valence-corrected chi connectivity index (χ4v) is 4.14. The van der Waals surface area contributed by atoms with E-state index in [0.29, 0.717) is 5.92 Å². The Morgan fingerprint density at radius 1 is 1.17 bits per heavy atom. The summed E-state index contributed by atoms with van der Waals surface area (Å²) in [6, 6.07) is 12.8. The molecule has 0 aliphatic rings. The van der Waals surface area contributed by atoms with Crippen molar-refractivity contribution in [2.45, 2.75) is 38.5 Å². The van der Waals surface area contributed by atoms with E-state index in [2.05, 4.69) is 57.2 Å². The van der Waals surface area contributed by atoms with E-state index in [0.717, 1.165) is 6.42 Å². The second-order valence-corrected chi connectivity index (χ2v) is 6.49. The molecule has 1 aromatic carbocycles. The summed E-state index contributed by atoms with van der Waals surface area (Å²) in [5, 5.41) is 0.0797. The van der Waals surface area contributed by atoms with Crippen molar-refractivity contribution >= 4 is 22.9 Å². The molecule has 0 aliphatic carbocycles. The van der Waals surface area contributed by atoms with E-state index in [9.17, 15) is 0 Å². The molecule has 0 radical (unpaired) electrons. The Bertz CT molecular complexity index is 501. The van der Waals surface area contributed by atoms with Crippen molar-refractivity contribution in [1.82, 2.24) is 0 Å². The van der Waals surface area contributed by atoms with Gasteiger partial charge in [0.15, 0.2) is 0 Å². The van der Waals surface area contributed by atoms with Gasteiger partial charge in [0.2, 0.25) is 0 Å². The van der Waals surface area contributed by atoms with Crippen LogP contribution < -0.4 is 0 Å². The Kier molecular flexibility index (Phi) is 4.47. The average Bonchev–Trinajstić information content (AvgIpc) is 2.70. The third-order valence-corrected chi connectivity index (χ3v) is 5.24. The van der Waals surface area contributed by atoms with Gasteiger partial charge in [0.25, 0.3) is 0 Å².